The summed E-state index contributed by atoms with van der Waals surface area (Å²) in [6.07, 6.45) is 8.22. The van der Waals surface area contributed by atoms with Crippen LogP contribution in [0.25, 0.3) is 0 Å². The van der Waals surface area contributed by atoms with E-state index in [1.807, 2.05) is 12.1 Å². The van der Waals surface area contributed by atoms with Crippen molar-refractivity contribution in [1.29, 1.82) is 0 Å². The molecular weight excluding hydrogens is 234 g/mol. The van der Waals surface area contributed by atoms with E-state index < -0.39 is 0 Å². The minimum atomic E-state index is 0.665. The zero-order valence-electron chi connectivity index (χ0n) is 12.3. The van der Waals surface area contributed by atoms with E-state index in [4.69, 9.17) is 4.74 Å². The summed E-state index contributed by atoms with van der Waals surface area (Å²) in [5, 5.41) is 3.70. The van der Waals surface area contributed by atoms with Crippen LogP contribution in [0.4, 0.5) is 0 Å². The van der Waals surface area contributed by atoms with Crippen molar-refractivity contribution in [2.24, 2.45) is 5.92 Å². The third-order valence-corrected chi connectivity index (χ3v) is 4.40. The predicted octanol–water partition coefficient (Wildman–Crippen LogP) is 3.80. The molecule has 0 saturated heterocycles. The van der Waals surface area contributed by atoms with Crippen LogP contribution in [-0.2, 0) is 6.42 Å². The molecule has 1 N–H and O–H groups in total. The molecule has 1 aliphatic rings. The van der Waals surface area contributed by atoms with Crippen molar-refractivity contribution in [2.45, 2.75) is 51.5 Å². The van der Waals surface area contributed by atoms with Gasteiger partial charge >= 0.3 is 0 Å². The Morgan fingerprint density at radius 2 is 1.84 bits per heavy atom. The molecule has 1 aliphatic carbocycles. The second-order valence-electron chi connectivity index (χ2n) is 5.74. The van der Waals surface area contributed by atoms with E-state index in [0.717, 1.165) is 24.6 Å². The third-order valence-electron chi connectivity index (χ3n) is 4.40. The lowest BCUT2D eigenvalue weighted by molar-refractivity contribution is 0.283. The summed E-state index contributed by atoms with van der Waals surface area (Å²) in [7, 11) is 1.71. The topological polar surface area (TPSA) is 21.3 Å². The summed E-state index contributed by atoms with van der Waals surface area (Å²) in [5.41, 5.74) is 1.38. The molecule has 0 heterocycles. The van der Waals surface area contributed by atoms with Crippen LogP contribution in [0.1, 0.15) is 44.6 Å². The molecule has 0 bridgehead atoms. The third kappa shape index (κ3) is 4.54. The molecule has 0 spiro atoms. The maximum absolute atomic E-state index is 5.18. The molecule has 0 unspecified atom stereocenters. The second-order valence-corrected chi connectivity index (χ2v) is 5.74. The average Bonchev–Trinajstić information content (AvgIpc) is 2.49. The van der Waals surface area contributed by atoms with Crippen LogP contribution in [0.2, 0.25) is 0 Å². The van der Waals surface area contributed by atoms with Gasteiger partial charge in [0.2, 0.25) is 0 Å². The van der Waals surface area contributed by atoms with Crippen LogP contribution in [0.5, 0.6) is 5.75 Å². The number of methoxy groups -OCH3 is 1. The molecule has 1 aromatic carbocycles. The van der Waals surface area contributed by atoms with Gasteiger partial charge < -0.3 is 10.1 Å². The molecule has 2 nitrogen and oxygen atoms in total. The maximum Gasteiger partial charge on any atom is 0.118 e. The van der Waals surface area contributed by atoms with Gasteiger partial charge in [0.25, 0.3) is 0 Å². The Morgan fingerprint density at radius 1 is 1.16 bits per heavy atom. The Labute approximate surface area is 117 Å². The van der Waals surface area contributed by atoms with E-state index in [9.17, 15) is 0 Å². The highest BCUT2D eigenvalue weighted by molar-refractivity contribution is 5.27. The first-order valence-corrected chi connectivity index (χ1v) is 7.66. The van der Waals surface area contributed by atoms with Crippen LogP contribution >= 0.6 is 0 Å². The van der Waals surface area contributed by atoms with Crippen molar-refractivity contribution in [3.05, 3.63) is 29.8 Å². The summed E-state index contributed by atoms with van der Waals surface area (Å²) >= 11 is 0. The predicted molar refractivity (Wildman–Crippen MR) is 80.7 cm³/mol. The molecule has 19 heavy (non-hydrogen) atoms. The molecular formula is C17H27NO. The van der Waals surface area contributed by atoms with E-state index in [1.165, 1.54) is 37.7 Å². The van der Waals surface area contributed by atoms with Crippen LogP contribution in [0, 0.1) is 5.92 Å². The first-order valence-electron chi connectivity index (χ1n) is 7.66. The van der Waals surface area contributed by atoms with Crippen molar-refractivity contribution in [2.75, 3.05) is 13.7 Å². The lowest BCUT2D eigenvalue weighted by Gasteiger charge is -2.28. The van der Waals surface area contributed by atoms with Crippen LogP contribution in [0.15, 0.2) is 24.3 Å². The SMILES string of the molecule is COc1ccc(CCN[C@@H](C)C2CCCCC2)cc1. The second kappa shape index (κ2) is 7.54. The lowest BCUT2D eigenvalue weighted by Crippen LogP contribution is -2.35. The van der Waals surface area contributed by atoms with E-state index in [2.05, 4.69) is 24.4 Å². The van der Waals surface area contributed by atoms with E-state index in [-0.39, 0.29) is 0 Å². The van der Waals surface area contributed by atoms with Gasteiger partial charge in [-0.2, -0.15) is 0 Å². The number of hydrogen-bond donors (Lipinski definition) is 1. The minimum Gasteiger partial charge on any atom is -0.497 e. The quantitative estimate of drug-likeness (QED) is 0.841. The van der Waals surface area contributed by atoms with Crippen molar-refractivity contribution in [3.8, 4) is 5.75 Å². The smallest absolute Gasteiger partial charge is 0.118 e. The minimum absolute atomic E-state index is 0.665. The summed E-state index contributed by atoms with van der Waals surface area (Å²) < 4.78 is 5.18. The van der Waals surface area contributed by atoms with Crippen molar-refractivity contribution in [1.82, 2.24) is 5.32 Å². The van der Waals surface area contributed by atoms with Gasteiger partial charge in [0.15, 0.2) is 0 Å². The number of benzene rings is 1. The van der Waals surface area contributed by atoms with Gasteiger partial charge in [0.1, 0.15) is 5.75 Å². The number of rotatable bonds is 6. The molecule has 106 valence electrons. The van der Waals surface area contributed by atoms with Gasteiger partial charge in [-0.15, -0.1) is 0 Å². The number of hydrogen-bond acceptors (Lipinski definition) is 2. The van der Waals surface area contributed by atoms with Crippen molar-refractivity contribution >= 4 is 0 Å². The van der Waals surface area contributed by atoms with E-state index in [0.29, 0.717) is 6.04 Å². The molecule has 0 amide bonds. The van der Waals surface area contributed by atoms with E-state index in [1.54, 1.807) is 7.11 Å². The Balaban J connectivity index is 1.69. The van der Waals surface area contributed by atoms with E-state index >= 15 is 0 Å². The number of ether oxygens (including phenoxy) is 1. The normalized spacial score (nSPS) is 18.2. The summed E-state index contributed by atoms with van der Waals surface area (Å²) in [5.74, 6) is 1.83. The van der Waals surface area contributed by atoms with Gasteiger partial charge in [0, 0.05) is 6.04 Å². The number of nitrogens with one attached hydrogen (secondary N) is 1. The van der Waals surface area contributed by atoms with Crippen LogP contribution in [-0.4, -0.2) is 19.7 Å². The highest BCUT2D eigenvalue weighted by Crippen LogP contribution is 2.26. The zero-order valence-corrected chi connectivity index (χ0v) is 12.3. The summed E-state index contributed by atoms with van der Waals surface area (Å²) in [4.78, 5) is 0. The summed E-state index contributed by atoms with van der Waals surface area (Å²) in [6.45, 7) is 3.42. The Bertz CT molecular complexity index is 354. The molecule has 1 fully saturated rings. The maximum atomic E-state index is 5.18. The first-order chi connectivity index (χ1) is 9.29. The molecule has 1 aromatic rings. The average molecular weight is 261 g/mol. The molecule has 2 heteroatoms. The lowest BCUT2D eigenvalue weighted by atomic mass is 9.84. The van der Waals surface area contributed by atoms with Gasteiger partial charge in [-0.1, -0.05) is 31.4 Å². The van der Waals surface area contributed by atoms with Crippen LogP contribution < -0.4 is 10.1 Å². The van der Waals surface area contributed by atoms with Crippen molar-refractivity contribution < 1.29 is 4.74 Å². The molecule has 2 rings (SSSR count). The molecule has 1 saturated carbocycles. The van der Waals surface area contributed by atoms with Gasteiger partial charge in [0.05, 0.1) is 7.11 Å². The fourth-order valence-electron chi connectivity index (χ4n) is 3.04. The standard InChI is InChI=1S/C17H27NO/c1-14(16-6-4-3-5-7-16)18-13-12-15-8-10-17(19-2)11-9-15/h8-11,14,16,18H,3-7,12-13H2,1-2H3/t14-/m0/s1. The molecule has 0 aliphatic heterocycles. The highest BCUT2D eigenvalue weighted by atomic mass is 16.5. The Hall–Kier alpha value is -1.02. The highest BCUT2D eigenvalue weighted by Gasteiger charge is 2.19. The molecule has 0 radical (unpaired) electrons. The van der Waals surface area contributed by atoms with Gasteiger partial charge in [-0.05, 0) is 56.3 Å². The fraction of sp³-hybridized carbons (Fsp3) is 0.647. The Morgan fingerprint density at radius 3 is 2.47 bits per heavy atom. The molecule has 0 aromatic heterocycles. The zero-order chi connectivity index (χ0) is 13.5. The van der Waals surface area contributed by atoms with Gasteiger partial charge in [-0.25, -0.2) is 0 Å². The largest absolute Gasteiger partial charge is 0.497 e. The summed E-state index contributed by atoms with van der Waals surface area (Å²) in [6, 6.07) is 9.07. The van der Waals surface area contributed by atoms with Gasteiger partial charge in [-0.3, -0.25) is 0 Å². The Kier molecular flexibility index (Phi) is 5.71. The van der Waals surface area contributed by atoms with Crippen LogP contribution in [0.3, 0.4) is 0 Å². The molecule has 1 atom stereocenters. The van der Waals surface area contributed by atoms with Crippen molar-refractivity contribution in [3.63, 3.8) is 0 Å². The fourth-order valence-corrected chi connectivity index (χ4v) is 3.04. The monoisotopic (exact) mass is 261 g/mol. The first kappa shape index (κ1) is 14.4.